The molecule has 0 bridgehead atoms. The fraction of sp³-hybridized carbons (Fsp3) is 0.500. The van der Waals surface area contributed by atoms with Gasteiger partial charge in [-0.05, 0) is 26.8 Å². The minimum absolute atomic E-state index is 0.0630. The quantitative estimate of drug-likeness (QED) is 0.554. The maximum atomic E-state index is 12.9. The largest absolute Gasteiger partial charge is 0.457 e. The average molecular weight is 358 g/mol. The monoisotopic (exact) mass is 358 g/mol. The zero-order valence-electron chi connectivity index (χ0n) is 15.3. The standard InChI is InChI=1S/C20H22O6/c1-6-9(2)18(23)26-17-14-11(4)19(24)25-16(14)15(22)10(3)12-7-8-13(21)20(12,17)5/h6-8,10,12,14,16-17H,4H2,1-3,5H3/t10-,12-,14+,16-,17-,20-/m0/s1. The number of ketones is 2. The zero-order valence-corrected chi connectivity index (χ0v) is 15.3. The number of hydrogen-bond donors (Lipinski definition) is 0. The van der Waals surface area contributed by atoms with Crippen LogP contribution in [-0.2, 0) is 28.7 Å². The van der Waals surface area contributed by atoms with Crippen molar-refractivity contribution in [2.45, 2.75) is 39.9 Å². The Labute approximate surface area is 151 Å². The number of allylic oxidation sites excluding steroid dienone is 3. The van der Waals surface area contributed by atoms with Crippen molar-refractivity contribution < 1.29 is 28.7 Å². The summed E-state index contributed by atoms with van der Waals surface area (Å²) in [4.78, 5) is 50.2. The van der Waals surface area contributed by atoms with Gasteiger partial charge in [-0.2, -0.15) is 0 Å². The summed E-state index contributed by atoms with van der Waals surface area (Å²) in [6.45, 7) is 10.4. The molecule has 0 radical (unpaired) electrons. The molecule has 3 aliphatic rings. The van der Waals surface area contributed by atoms with Crippen LogP contribution in [0.15, 0.2) is 36.0 Å². The molecule has 0 aromatic heterocycles. The number of ether oxygens (including phenoxy) is 2. The Kier molecular flexibility index (Phi) is 4.25. The second-order valence-electron chi connectivity index (χ2n) is 7.40. The van der Waals surface area contributed by atoms with Crippen LogP contribution in [0.5, 0.6) is 0 Å². The summed E-state index contributed by atoms with van der Waals surface area (Å²) in [5, 5.41) is 0. The number of Topliss-reactive ketones (excluding diaryl/α,β-unsaturated/α-hetero) is 1. The highest BCUT2D eigenvalue weighted by atomic mass is 16.6. The van der Waals surface area contributed by atoms with Crippen molar-refractivity contribution in [1.29, 1.82) is 0 Å². The summed E-state index contributed by atoms with van der Waals surface area (Å²) in [5.41, 5.74) is -0.720. The van der Waals surface area contributed by atoms with Crippen LogP contribution in [0.2, 0.25) is 0 Å². The molecule has 6 atom stereocenters. The summed E-state index contributed by atoms with van der Waals surface area (Å²) in [6.07, 6.45) is 2.62. The number of carbonyl (C=O) groups is 4. The van der Waals surface area contributed by atoms with Crippen LogP contribution in [0.3, 0.4) is 0 Å². The lowest BCUT2D eigenvalue weighted by Gasteiger charge is -2.39. The topological polar surface area (TPSA) is 86.7 Å². The highest BCUT2D eigenvalue weighted by molar-refractivity contribution is 6.04. The first-order valence-electron chi connectivity index (χ1n) is 8.64. The van der Waals surface area contributed by atoms with E-state index in [1.54, 1.807) is 39.8 Å². The molecule has 2 aliphatic carbocycles. The maximum absolute atomic E-state index is 12.9. The fourth-order valence-corrected chi connectivity index (χ4v) is 4.24. The lowest BCUT2D eigenvalue weighted by Crippen LogP contribution is -2.49. The summed E-state index contributed by atoms with van der Waals surface area (Å²) in [5.74, 6) is -3.66. The van der Waals surface area contributed by atoms with E-state index in [0.717, 1.165) is 0 Å². The van der Waals surface area contributed by atoms with Gasteiger partial charge in [0.15, 0.2) is 17.7 Å². The van der Waals surface area contributed by atoms with Crippen LogP contribution in [-0.4, -0.2) is 35.7 Å². The summed E-state index contributed by atoms with van der Waals surface area (Å²) in [6, 6.07) is 0. The fourth-order valence-electron chi connectivity index (χ4n) is 4.24. The van der Waals surface area contributed by atoms with E-state index in [-0.39, 0.29) is 17.1 Å². The number of hydrogen-bond acceptors (Lipinski definition) is 6. The first-order valence-corrected chi connectivity index (χ1v) is 8.64. The van der Waals surface area contributed by atoms with E-state index in [9.17, 15) is 19.2 Å². The Balaban J connectivity index is 2.15. The lowest BCUT2D eigenvalue weighted by molar-refractivity contribution is -0.161. The highest BCUT2D eigenvalue weighted by Gasteiger charge is 2.64. The van der Waals surface area contributed by atoms with Gasteiger partial charge in [0.25, 0.3) is 0 Å². The number of rotatable bonds is 2. The second-order valence-corrected chi connectivity index (χ2v) is 7.40. The van der Waals surface area contributed by atoms with Crippen LogP contribution >= 0.6 is 0 Å². The van der Waals surface area contributed by atoms with Crippen LogP contribution in [0.25, 0.3) is 0 Å². The van der Waals surface area contributed by atoms with E-state index in [4.69, 9.17) is 9.47 Å². The Bertz CT molecular complexity index is 788. The van der Waals surface area contributed by atoms with Gasteiger partial charge in [-0.3, -0.25) is 9.59 Å². The summed E-state index contributed by atoms with van der Waals surface area (Å²) in [7, 11) is 0. The molecule has 26 heavy (non-hydrogen) atoms. The van der Waals surface area contributed by atoms with Crippen molar-refractivity contribution in [1.82, 2.24) is 0 Å². The normalized spacial score (nSPS) is 39.4. The molecule has 1 saturated heterocycles. The van der Waals surface area contributed by atoms with Gasteiger partial charge in [-0.25, -0.2) is 9.59 Å². The van der Waals surface area contributed by atoms with Crippen molar-refractivity contribution >= 4 is 23.5 Å². The van der Waals surface area contributed by atoms with Crippen molar-refractivity contribution in [3.05, 3.63) is 36.0 Å². The Morgan fingerprint density at radius 1 is 1.35 bits per heavy atom. The molecule has 0 N–H and O–H groups in total. The molecule has 6 nitrogen and oxygen atoms in total. The van der Waals surface area contributed by atoms with Crippen molar-refractivity contribution in [3.8, 4) is 0 Å². The molecule has 2 fully saturated rings. The van der Waals surface area contributed by atoms with Gasteiger partial charge in [0.1, 0.15) is 6.10 Å². The molecule has 1 aliphatic heterocycles. The van der Waals surface area contributed by atoms with Crippen LogP contribution in [0.1, 0.15) is 27.7 Å². The lowest BCUT2D eigenvalue weighted by atomic mass is 9.67. The summed E-state index contributed by atoms with van der Waals surface area (Å²) < 4.78 is 11.0. The van der Waals surface area contributed by atoms with Crippen LogP contribution in [0, 0.1) is 23.2 Å². The van der Waals surface area contributed by atoms with Gasteiger partial charge in [0.2, 0.25) is 0 Å². The van der Waals surface area contributed by atoms with Crippen LogP contribution < -0.4 is 0 Å². The van der Waals surface area contributed by atoms with E-state index in [0.29, 0.717) is 5.57 Å². The molecule has 3 rings (SSSR count). The SMILES string of the molecule is C=C1C(=O)O[C@@H]2C(=O)[C@@H](C)[C@@H]3C=CC(=O)[C@@]3(C)[C@@H](OC(=O)C(C)=CC)[C@H]12. The summed E-state index contributed by atoms with van der Waals surface area (Å²) >= 11 is 0. The molecule has 1 saturated carbocycles. The van der Waals surface area contributed by atoms with E-state index in [1.165, 1.54) is 6.08 Å². The third-order valence-electron chi connectivity index (χ3n) is 6.08. The van der Waals surface area contributed by atoms with Gasteiger partial charge in [-0.15, -0.1) is 0 Å². The Hall–Kier alpha value is -2.50. The van der Waals surface area contributed by atoms with Crippen molar-refractivity contribution in [2.75, 3.05) is 0 Å². The molecular formula is C20H22O6. The molecule has 0 spiro atoms. The average Bonchev–Trinajstić information content (AvgIpc) is 3.06. The number of esters is 2. The zero-order chi connectivity index (χ0) is 19.4. The van der Waals surface area contributed by atoms with Gasteiger partial charge in [0.05, 0.1) is 11.3 Å². The van der Waals surface area contributed by atoms with E-state index in [1.807, 2.05) is 0 Å². The van der Waals surface area contributed by atoms with Crippen LogP contribution in [0.4, 0.5) is 0 Å². The minimum atomic E-state index is -1.16. The molecule has 0 aromatic carbocycles. The second kappa shape index (κ2) is 6.04. The van der Waals surface area contributed by atoms with Crippen molar-refractivity contribution in [3.63, 3.8) is 0 Å². The van der Waals surface area contributed by atoms with Gasteiger partial charge < -0.3 is 9.47 Å². The third-order valence-corrected chi connectivity index (χ3v) is 6.08. The van der Waals surface area contributed by atoms with Gasteiger partial charge in [-0.1, -0.05) is 25.7 Å². The molecule has 0 amide bonds. The maximum Gasteiger partial charge on any atom is 0.334 e. The molecule has 1 heterocycles. The number of carbonyl (C=O) groups excluding carboxylic acids is 4. The van der Waals surface area contributed by atoms with E-state index < -0.39 is 47.3 Å². The predicted octanol–water partition coefficient (Wildman–Crippen LogP) is 1.94. The first-order chi connectivity index (χ1) is 12.1. The molecule has 0 unspecified atom stereocenters. The molecule has 0 aromatic rings. The molecule has 6 heteroatoms. The third kappa shape index (κ3) is 2.31. The molecular weight excluding hydrogens is 336 g/mol. The smallest absolute Gasteiger partial charge is 0.334 e. The van der Waals surface area contributed by atoms with E-state index >= 15 is 0 Å². The van der Waals surface area contributed by atoms with Gasteiger partial charge in [0, 0.05) is 23.0 Å². The Morgan fingerprint density at radius 3 is 2.62 bits per heavy atom. The van der Waals surface area contributed by atoms with Crippen molar-refractivity contribution in [2.24, 2.45) is 23.2 Å². The first kappa shape index (κ1) is 18.3. The minimum Gasteiger partial charge on any atom is -0.457 e. The van der Waals surface area contributed by atoms with E-state index in [2.05, 4.69) is 6.58 Å². The highest BCUT2D eigenvalue weighted by Crippen LogP contribution is 2.53. The molecule has 138 valence electrons. The Morgan fingerprint density at radius 2 is 2.00 bits per heavy atom. The predicted molar refractivity (Wildman–Crippen MR) is 91.7 cm³/mol. The number of fused-ring (bicyclic) bond motifs is 2. The van der Waals surface area contributed by atoms with Gasteiger partial charge >= 0.3 is 11.9 Å².